The highest BCUT2D eigenvalue weighted by Crippen LogP contribution is 2.40. The number of hydrogen-bond donors (Lipinski definition) is 2. The van der Waals surface area contributed by atoms with Crippen molar-refractivity contribution in [3.8, 4) is 11.5 Å². The number of hydrogen-bond acceptors (Lipinski definition) is 8. The molecular formula is C27H31N3O7. The molecule has 10 heteroatoms. The predicted octanol–water partition coefficient (Wildman–Crippen LogP) is 1.62. The Morgan fingerprint density at radius 1 is 1.11 bits per heavy atom. The molecule has 2 aromatic rings. The van der Waals surface area contributed by atoms with Crippen molar-refractivity contribution in [3.63, 3.8) is 0 Å². The average Bonchev–Trinajstić information content (AvgIpc) is 3.16. The number of nitrogens with zero attached hydrogens (tertiary/aromatic N) is 2. The highest BCUT2D eigenvalue weighted by atomic mass is 16.5. The third-order valence-electron chi connectivity index (χ3n) is 6.55. The van der Waals surface area contributed by atoms with Crippen LogP contribution in [0, 0.1) is 6.92 Å². The van der Waals surface area contributed by atoms with Gasteiger partial charge in [-0.05, 0) is 48.4 Å². The molecule has 0 radical (unpaired) electrons. The second kappa shape index (κ2) is 11.4. The zero-order valence-corrected chi connectivity index (χ0v) is 20.9. The first-order valence-corrected chi connectivity index (χ1v) is 12.0. The second-order valence-corrected chi connectivity index (χ2v) is 8.95. The molecule has 1 unspecified atom stereocenters. The Morgan fingerprint density at radius 3 is 2.43 bits per heavy atom. The van der Waals surface area contributed by atoms with Crippen molar-refractivity contribution in [2.75, 3.05) is 53.1 Å². The van der Waals surface area contributed by atoms with Crippen molar-refractivity contribution in [3.05, 3.63) is 64.7 Å². The number of benzene rings is 2. The molecule has 0 saturated carbocycles. The Hall–Kier alpha value is -3.89. The van der Waals surface area contributed by atoms with Gasteiger partial charge in [-0.15, -0.1) is 0 Å². The Labute approximate surface area is 215 Å². The fourth-order valence-corrected chi connectivity index (χ4v) is 4.61. The normalized spacial score (nSPS) is 19.7. The molecule has 10 nitrogen and oxygen atoms in total. The Bertz CT molecular complexity index is 1200. The number of carbonyl (C=O) groups excluding carboxylic acids is 3. The highest BCUT2D eigenvalue weighted by molar-refractivity contribution is 6.46. The lowest BCUT2D eigenvalue weighted by atomic mass is 9.94. The van der Waals surface area contributed by atoms with E-state index in [0.717, 1.165) is 18.7 Å². The summed E-state index contributed by atoms with van der Waals surface area (Å²) in [6.45, 7) is 5.14. The number of carbonyl (C=O) groups is 3. The standard InChI is InChI=1S/C27H31N3O7/c1-17-15-19(5-8-21(17)35-2)25(32)23-24(18-3-6-20(7-4-18)37-16-22(28)31)30(27(34)26(23)33)10-9-29-11-13-36-14-12-29/h3-8,15,24,32H,9-14,16H2,1-2H3,(H2,28,31). The minimum absolute atomic E-state index is 0.0161. The topological polar surface area (TPSA) is 132 Å². The lowest BCUT2D eigenvalue weighted by molar-refractivity contribution is -0.140. The number of aliphatic hydroxyl groups is 1. The summed E-state index contributed by atoms with van der Waals surface area (Å²) in [5, 5.41) is 11.3. The number of primary amides is 1. The molecule has 4 rings (SSSR count). The van der Waals surface area contributed by atoms with Gasteiger partial charge in [0.1, 0.15) is 17.3 Å². The van der Waals surface area contributed by atoms with E-state index in [4.69, 9.17) is 19.9 Å². The summed E-state index contributed by atoms with van der Waals surface area (Å²) in [5.41, 5.74) is 6.98. The van der Waals surface area contributed by atoms with E-state index in [1.54, 1.807) is 49.6 Å². The maximum Gasteiger partial charge on any atom is 0.295 e. The van der Waals surface area contributed by atoms with Gasteiger partial charge >= 0.3 is 0 Å². The van der Waals surface area contributed by atoms with E-state index in [1.165, 1.54) is 4.90 Å². The number of methoxy groups -OCH3 is 1. The number of likely N-dealkylation sites (tertiary alicyclic amines) is 1. The predicted molar refractivity (Wildman–Crippen MR) is 135 cm³/mol. The first kappa shape index (κ1) is 26.2. The van der Waals surface area contributed by atoms with Gasteiger partial charge < -0.3 is 30.0 Å². The number of ether oxygens (including phenoxy) is 3. The maximum atomic E-state index is 13.3. The number of amides is 2. The van der Waals surface area contributed by atoms with Crippen LogP contribution in [0.25, 0.3) is 5.76 Å². The van der Waals surface area contributed by atoms with E-state index in [-0.39, 0.29) is 17.9 Å². The van der Waals surface area contributed by atoms with Gasteiger partial charge in [-0.2, -0.15) is 0 Å². The highest BCUT2D eigenvalue weighted by Gasteiger charge is 2.46. The third-order valence-corrected chi connectivity index (χ3v) is 6.55. The van der Waals surface area contributed by atoms with Gasteiger partial charge in [-0.1, -0.05) is 12.1 Å². The van der Waals surface area contributed by atoms with Crippen LogP contribution >= 0.6 is 0 Å². The molecule has 1 atom stereocenters. The zero-order chi connectivity index (χ0) is 26.5. The quantitative estimate of drug-likeness (QED) is 0.296. The molecule has 37 heavy (non-hydrogen) atoms. The van der Waals surface area contributed by atoms with Gasteiger partial charge in [0.2, 0.25) is 0 Å². The van der Waals surface area contributed by atoms with Crippen molar-refractivity contribution < 1.29 is 33.7 Å². The molecule has 2 aromatic carbocycles. The minimum atomic E-state index is -0.798. The van der Waals surface area contributed by atoms with Crippen LogP contribution in [-0.2, 0) is 19.1 Å². The maximum absolute atomic E-state index is 13.3. The van der Waals surface area contributed by atoms with E-state index in [9.17, 15) is 19.5 Å². The molecular weight excluding hydrogens is 478 g/mol. The Balaban J connectivity index is 1.71. The van der Waals surface area contributed by atoms with E-state index in [2.05, 4.69) is 4.90 Å². The van der Waals surface area contributed by atoms with Crippen molar-refractivity contribution in [1.29, 1.82) is 0 Å². The minimum Gasteiger partial charge on any atom is -0.507 e. The summed E-state index contributed by atoms with van der Waals surface area (Å²) >= 11 is 0. The molecule has 0 aliphatic carbocycles. The van der Waals surface area contributed by atoms with Gasteiger partial charge in [-0.25, -0.2) is 0 Å². The van der Waals surface area contributed by atoms with E-state index in [1.807, 2.05) is 6.92 Å². The fourth-order valence-electron chi connectivity index (χ4n) is 4.61. The number of aryl methyl sites for hydroxylation is 1. The number of ketones is 1. The number of Topliss-reactive ketones (excluding diaryl/α,β-unsaturated/α-hetero) is 1. The van der Waals surface area contributed by atoms with Crippen molar-refractivity contribution in [2.45, 2.75) is 13.0 Å². The van der Waals surface area contributed by atoms with Crippen LogP contribution in [-0.4, -0.2) is 85.6 Å². The van der Waals surface area contributed by atoms with E-state index in [0.29, 0.717) is 48.9 Å². The summed E-state index contributed by atoms with van der Waals surface area (Å²) in [4.78, 5) is 41.2. The molecule has 3 N–H and O–H groups in total. The fraction of sp³-hybridized carbons (Fsp3) is 0.370. The van der Waals surface area contributed by atoms with Crippen LogP contribution in [0.15, 0.2) is 48.0 Å². The van der Waals surface area contributed by atoms with Crippen LogP contribution in [0.2, 0.25) is 0 Å². The van der Waals surface area contributed by atoms with Crippen LogP contribution in [0.5, 0.6) is 11.5 Å². The first-order valence-electron chi connectivity index (χ1n) is 12.0. The number of nitrogens with two attached hydrogens (primary N) is 1. The van der Waals surface area contributed by atoms with Crippen molar-refractivity contribution in [1.82, 2.24) is 9.80 Å². The lowest BCUT2D eigenvalue weighted by Crippen LogP contribution is -2.42. The summed E-state index contributed by atoms with van der Waals surface area (Å²) in [7, 11) is 1.55. The summed E-state index contributed by atoms with van der Waals surface area (Å²) in [5.74, 6) is -1.21. The van der Waals surface area contributed by atoms with Gasteiger partial charge in [0, 0.05) is 31.7 Å². The first-order chi connectivity index (χ1) is 17.8. The summed E-state index contributed by atoms with van der Waals surface area (Å²) < 4.78 is 16.1. The Kier molecular flexibility index (Phi) is 8.10. The van der Waals surface area contributed by atoms with Crippen LogP contribution in [0.1, 0.15) is 22.7 Å². The molecule has 2 saturated heterocycles. The monoisotopic (exact) mass is 509 g/mol. The van der Waals surface area contributed by atoms with E-state index < -0.39 is 23.6 Å². The van der Waals surface area contributed by atoms with Gasteiger partial charge in [-0.3, -0.25) is 19.3 Å². The number of aliphatic hydroxyl groups excluding tert-OH is 1. The molecule has 2 amide bonds. The molecule has 0 spiro atoms. The number of rotatable bonds is 9. The zero-order valence-electron chi connectivity index (χ0n) is 20.9. The third kappa shape index (κ3) is 5.76. The van der Waals surface area contributed by atoms with Crippen LogP contribution < -0.4 is 15.2 Å². The van der Waals surface area contributed by atoms with Gasteiger partial charge in [0.15, 0.2) is 6.61 Å². The van der Waals surface area contributed by atoms with Crippen LogP contribution in [0.3, 0.4) is 0 Å². The molecule has 0 aromatic heterocycles. The molecule has 0 bridgehead atoms. The van der Waals surface area contributed by atoms with Gasteiger partial charge in [0.25, 0.3) is 17.6 Å². The van der Waals surface area contributed by atoms with Gasteiger partial charge in [0.05, 0.1) is 31.9 Å². The smallest absolute Gasteiger partial charge is 0.295 e. The largest absolute Gasteiger partial charge is 0.507 e. The van der Waals surface area contributed by atoms with Crippen LogP contribution in [0.4, 0.5) is 0 Å². The summed E-state index contributed by atoms with van der Waals surface area (Å²) in [6.07, 6.45) is 0. The van der Waals surface area contributed by atoms with E-state index >= 15 is 0 Å². The summed E-state index contributed by atoms with van der Waals surface area (Å²) in [6, 6.07) is 11.0. The van der Waals surface area contributed by atoms with Crippen molar-refractivity contribution >= 4 is 23.4 Å². The molecule has 2 heterocycles. The molecule has 2 aliphatic rings. The van der Waals surface area contributed by atoms with Crippen molar-refractivity contribution in [2.24, 2.45) is 5.73 Å². The lowest BCUT2D eigenvalue weighted by Gasteiger charge is -2.31. The Morgan fingerprint density at radius 2 is 1.81 bits per heavy atom. The molecule has 196 valence electrons. The second-order valence-electron chi connectivity index (χ2n) is 8.95. The number of morpholine rings is 1. The SMILES string of the molecule is COc1ccc(C(O)=C2C(=O)C(=O)N(CCN3CCOCC3)C2c2ccc(OCC(N)=O)cc2)cc1C. The molecule has 2 aliphatic heterocycles. The average molecular weight is 510 g/mol. The molecule has 2 fully saturated rings.